The highest BCUT2D eigenvalue weighted by atomic mass is 16.6. The third kappa shape index (κ3) is 2.59. The Kier molecular flexibility index (Phi) is 3.69. The third-order valence-electron chi connectivity index (χ3n) is 4.50. The minimum Gasteiger partial charge on any atom is -0.359 e. The number of anilines is 1. The number of nitro benzene ring substituents is 1. The molecule has 1 amide bonds. The second-order valence-corrected chi connectivity index (χ2v) is 6.12. The quantitative estimate of drug-likeness (QED) is 0.559. The summed E-state index contributed by atoms with van der Waals surface area (Å²) in [5.74, 6) is -0.135. The molecule has 0 bridgehead atoms. The van der Waals surface area contributed by atoms with Gasteiger partial charge in [-0.2, -0.15) is 0 Å². The fourth-order valence-electron chi connectivity index (χ4n) is 3.19. The van der Waals surface area contributed by atoms with Gasteiger partial charge in [-0.3, -0.25) is 14.9 Å². The molecule has 7 heteroatoms. The first-order valence-corrected chi connectivity index (χ1v) is 8.14. The number of carbonyl (C=O) groups excluding carboxylic acids is 1. The molecule has 0 aliphatic carbocycles. The van der Waals surface area contributed by atoms with E-state index in [1.807, 2.05) is 42.0 Å². The molecule has 0 saturated heterocycles. The molecule has 1 aliphatic rings. The molecule has 2 N–H and O–H groups in total. The van der Waals surface area contributed by atoms with Gasteiger partial charge in [-0.15, -0.1) is 0 Å². The summed E-state index contributed by atoms with van der Waals surface area (Å²) in [4.78, 5) is 22.9. The van der Waals surface area contributed by atoms with E-state index in [2.05, 4.69) is 10.6 Å². The van der Waals surface area contributed by atoms with E-state index in [1.54, 1.807) is 18.2 Å². The highest BCUT2D eigenvalue weighted by Gasteiger charge is 2.27. The molecule has 130 valence electrons. The molecule has 1 unspecified atom stereocenters. The van der Waals surface area contributed by atoms with Gasteiger partial charge in [0.2, 0.25) is 0 Å². The Hall–Kier alpha value is -3.61. The van der Waals surface area contributed by atoms with Crippen molar-refractivity contribution in [3.8, 4) is 5.69 Å². The maximum atomic E-state index is 12.5. The summed E-state index contributed by atoms with van der Waals surface area (Å²) < 4.78 is 1.89. The highest BCUT2D eigenvalue weighted by Crippen LogP contribution is 2.30. The van der Waals surface area contributed by atoms with Crippen molar-refractivity contribution in [2.45, 2.75) is 13.1 Å². The Morgan fingerprint density at radius 2 is 1.81 bits per heavy atom. The number of hydrogen-bond donors (Lipinski definition) is 2. The molecule has 7 nitrogen and oxygen atoms in total. The Bertz CT molecular complexity index is 1010. The van der Waals surface area contributed by atoms with Crippen LogP contribution in [-0.2, 0) is 0 Å². The number of hydrogen-bond acceptors (Lipinski definition) is 4. The van der Waals surface area contributed by atoms with Crippen LogP contribution in [0.2, 0.25) is 0 Å². The van der Waals surface area contributed by atoms with Crippen LogP contribution in [0, 0.1) is 17.0 Å². The monoisotopic (exact) mass is 348 g/mol. The summed E-state index contributed by atoms with van der Waals surface area (Å²) in [5, 5.41) is 17.2. The van der Waals surface area contributed by atoms with Crippen molar-refractivity contribution in [3.63, 3.8) is 0 Å². The molecule has 1 aliphatic heterocycles. The first-order valence-electron chi connectivity index (χ1n) is 8.14. The largest absolute Gasteiger partial charge is 0.359 e. The zero-order chi connectivity index (χ0) is 18.3. The molecule has 4 rings (SSSR count). The van der Waals surface area contributed by atoms with Crippen LogP contribution in [0.4, 0.5) is 11.4 Å². The Labute approximate surface area is 149 Å². The summed E-state index contributed by atoms with van der Waals surface area (Å²) >= 11 is 0. The van der Waals surface area contributed by atoms with Crippen molar-refractivity contribution in [1.82, 2.24) is 9.88 Å². The van der Waals surface area contributed by atoms with E-state index in [9.17, 15) is 14.9 Å². The van der Waals surface area contributed by atoms with Gasteiger partial charge in [-0.1, -0.05) is 12.1 Å². The van der Waals surface area contributed by atoms with Crippen molar-refractivity contribution in [1.29, 1.82) is 0 Å². The zero-order valence-corrected chi connectivity index (χ0v) is 14.0. The lowest BCUT2D eigenvalue weighted by Gasteiger charge is -2.30. The van der Waals surface area contributed by atoms with Crippen LogP contribution in [0.25, 0.3) is 5.69 Å². The SMILES string of the molecule is Cc1cccc2c1NC(c1cccn1-c1ccc([N+](=O)[O-])cc1)NC2=O. The van der Waals surface area contributed by atoms with E-state index in [0.29, 0.717) is 5.56 Å². The highest BCUT2D eigenvalue weighted by molar-refractivity contribution is 6.02. The predicted molar refractivity (Wildman–Crippen MR) is 97.4 cm³/mol. The van der Waals surface area contributed by atoms with Crippen LogP contribution in [0.1, 0.15) is 27.8 Å². The number of para-hydroxylation sites is 1. The Morgan fingerprint density at radius 1 is 1.04 bits per heavy atom. The van der Waals surface area contributed by atoms with E-state index < -0.39 is 11.1 Å². The minimum absolute atomic E-state index is 0.0381. The van der Waals surface area contributed by atoms with Gasteiger partial charge in [0.05, 0.1) is 21.9 Å². The number of non-ortho nitro benzene ring substituents is 1. The molecule has 0 saturated carbocycles. The Morgan fingerprint density at radius 3 is 2.54 bits per heavy atom. The van der Waals surface area contributed by atoms with Crippen LogP contribution in [-0.4, -0.2) is 15.4 Å². The molecule has 1 atom stereocenters. The number of nitrogens with zero attached hydrogens (tertiary/aromatic N) is 2. The minimum atomic E-state index is -0.428. The van der Waals surface area contributed by atoms with E-state index >= 15 is 0 Å². The smallest absolute Gasteiger partial charge is 0.269 e. The molecule has 26 heavy (non-hydrogen) atoms. The Balaban J connectivity index is 1.70. The molecule has 0 radical (unpaired) electrons. The lowest BCUT2D eigenvalue weighted by atomic mass is 10.0. The molecule has 0 fully saturated rings. The van der Waals surface area contributed by atoms with Gasteiger partial charge < -0.3 is 15.2 Å². The van der Waals surface area contributed by atoms with Gasteiger partial charge in [-0.05, 0) is 42.8 Å². The normalized spacial score (nSPS) is 15.7. The van der Waals surface area contributed by atoms with Gasteiger partial charge in [0.1, 0.15) is 6.17 Å². The predicted octanol–water partition coefficient (Wildman–Crippen LogP) is 3.55. The van der Waals surface area contributed by atoms with Gasteiger partial charge >= 0.3 is 0 Å². The summed E-state index contributed by atoms with van der Waals surface area (Å²) in [6.45, 7) is 1.96. The number of fused-ring (bicyclic) bond motifs is 1. The first kappa shape index (κ1) is 15.9. The van der Waals surface area contributed by atoms with Crippen LogP contribution < -0.4 is 10.6 Å². The topological polar surface area (TPSA) is 89.2 Å². The van der Waals surface area contributed by atoms with Crippen molar-refractivity contribution in [2.24, 2.45) is 0 Å². The van der Waals surface area contributed by atoms with Crippen LogP contribution in [0.3, 0.4) is 0 Å². The number of amides is 1. The average Bonchev–Trinajstić information content (AvgIpc) is 3.12. The number of nitro groups is 1. The average molecular weight is 348 g/mol. The summed E-state index contributed by atoms with van der Waals surface area (Å²) in [6.07, 6.45) is 1.46. The lowest BCUT2D eigenvalue weighted by Crippen LogP contribution is -2.39. The molecule has 2 heterocycles. The standard InChI is InChI=1S/C19H16N4O3/c1-12-4-2-5-15-17(12)20-18(21-19(15)24)16-6-3-11-22(16)13-7-9-14(10-8-13)23(25)26/h2-11,18,20H,1H3,(H,21,24). The second-order valence-electron chi connectivity index (χ2n) is 6.12. The number of aromatic nitrogens is 1. The summed E-state index contributed by atoms with van der Waals surface area (Å²) in [5.41, 5.74) is 4.09. The number of aryl methyl sites for hydroxylation is 1. The van der Waals surface area contributed by atoms with Crippen LogP contribution >= 0.6 is 0 Å². The number of nitrogens with one attached hydrogen (secondary N) is 2. The molecular formula is C19H16N4O3. The second kappa shape index (κ2) is 6.03. The van der Waals surface area contributed by atoms with Gasteiger partial charge in [0, 0.05) is 24.0 Å². The number of carbonyl (C=O) groups is 1. The fourth-order valence-corrected chi connectivity index (χ4v) is 3.19. The zero-order valence-electron chi connectivity index (χ0n) is 14.0. The van der Waals surface area contributed by atoms with Gasteiger partial charge in [0.15, 0.2) is 0 Å². The lowest BCUT2D eigenvalue weighted by molar-refractivity contribution is -0.384. The van der Waals surface area contributed by atoms with Crippen LogP contribution in [0.15, 0.2) is 60.8 Å². The number of benzene rings is 2. The summed E-state index contributed by atoms with van der Waals surface area (Å²) in [7, 11) is 0. The van der Waals surface area contributed by atoms with E-state index in [0.717, 1.165) is 22.6 Å². The van der Waals surface area contributed by atoms with E-state index in [4.69, 9.17) is 0 Å². The third-order valence-corrected chi connectivity index (χ3v) is 4.50. The van der Waals surface area contributed by atoms with Crippen molar-refractivity contribution in [3.05, 3.63) is 87.7 Å². The van der Waals surface area contributed by atoms with Crippen molar-refractivity contribution in [2.75, 3.05) is 5.32 Å². The summed E-state index contributed by atoms with van der Waals surface area (Å²) in [6, 6.07) is 15.7. The number of rotatable bonds is 3. The maximum absolute atomic E-state index is 12.5. The molecular weight excluding hydrogens is 332 g/mol. The molecule has 1 aromatic heterocycles. The molecule has 0 spiro atoms. The van der Waals surface area contributed by atoms with Gasteiger partial charge in [-0.25, -0.2) is 0 Å². The first-order chi connectivity index (χ1) is 12.5. The van der Waals surface area contributed by atoms with Crippen molar-refractivity contribution >= 4 is 17.3 Å². The fraction of sp³-hybridized carbons (Fsp3) is 0.105. The van der Waals surface area contributed by atoms with E-state index in [1.165, 1.54) is 12.1 Å². The van der Waals surface area contributed by atoms with Gasteiger partial charge in [0.25, 0.3) is 11.6 Å². The molecule has 3 aromatic rings. The van der Waals surface area contributed by atoms with Crippen molar-refractivity contribution < 1.29 is 9.72 Å². The van der Waals surface area contributed by atoms with E-state index in [-0.39, 0.29) is 11.6 Å². The van der Waals surface area contributed by atoms with Crippen LogP contribution in [0.5, 0.6) is 0 Å². The maximum Gasteiger partial charge on any atom is 0.269 e. The molecule has 2 aromatic carbocycles.